The lowest BCUT2D eigenvalue weighted by Crippen LogP contribution is -2.23. The molecule has 6 nitrogen and oxygen atoms in total. The van der Waals surface area contributed by atoms with Crippen LogP contribution >= 0.6 is 0 Å². The maximum Gasteiger partial charge on any atom is 0.251 e. The van der Waals surface area contributed by atoms with E-state index in [9.17, 15) is 4.79 Å². The van der Waals surface area contributed by atoms with E-state index in [2.05, 4.69) is 20.3 Å². The monoisotopic (exact) mass is 231 g/mol. The molecule has 0 bridgehead atoms. The molecule has 0 aliphatic rings. The van der Waals surface area contributed by atoms with E-state index in [-0.39, 0.29) is 5.91 Å². The first-order chi connectivity index (χ1) is 8.15. The summed E-state index contributed by atoms with van der Waals surface area (Å²) in [6.07, 6.45) is 3.22. The summed E-state index contributed by atoms with van der Waals surface area (Å²) < 4.78 is 0. The number of carbonyl (C=O) groups excluding carboxylic acids is 1. The van der Waals surface area contributed by atoms with Gasteiger partial charge in [-0.1, -0.05) is 0 Å². The molecule has 0 unspecified atom stereocenters. The van der Waals surface area contributed by atoms with E-state index in [1.54, 1.807) is 31.6 Å². The number of hydrogen-bond acceptors (Lipinski definition) is 4. The topological polar surface area (TPSA) is 96.7 Å². The fraction of sp³-hybridized carbons (Fsp3) is 0.182. The first-order valence-electron chi connectivity index (χ1n) is 5.15. The number of anilines is 1. The van der Waals surface area contributed by atoms with Crippen molar-refractivity contribution in [1.82, 2.24) is 20.3 Å². The SMILES string of the molecule is Cc1cc(C(=O)NCc2cnc[nH]2)cc(N)n1. The summed E-state index contributed by atoms with van der Waals surface area (Å²) in [5.41, 5.74) is 7.65. The lowest BCUT2D eigenvalue weighted by Gasteiger charge is -2.05. The number of hydrogen-bond donors (Lipinski definition) is 3. The number of aryl methyl sites for hydroxylation is 1. The van der Waals surface area contributed by atoms with Crippen LogP contribution in [-0.2, 0) is 6.54 Å². The highest BCUT2D eigenvalue weighted by Crippen LogP contribution is 2.07. The molecule has 2 heterocycles. The Hall–Kier alpha value is -2.37. The number of aromatic nitrogens is 3. The Bertz CT molecular complexity index is 500. The van der Waals surface area contributed by atoms with E-state index >= 15 is 0 Å². The molecule has 2 rings (SSSR count). The lowest BCUT2D eigenvalue weighted by molar-refractivity contribution is 0.0950. The second-order valence-electron chi connectivity index (χ2n) is 3.68. The molecular weight excluding hydrogens is 218 g/mol. The number of H-pyrrole nitrogens is 1. The van der Waals surface area contributed by atoms with Crippen molar-refractivity contribution in [3.8, 4) is 0 Å². The van der Waals surface area contributed by atoms with Crippen LogP contribution in [0, 0.1) is 6.92 Å². The van der Waals surface area contributed by atoms with Gasteiger partial charge in [-0.25, -0.2) is 9.97 Å². The second kappa shape index (κ2) is 4.65. The maximum absolute atomic E-state index is 11.8. The van der Waals surface area contributed by atoms with Crippen molar-refractivity contribution >= 4 is 11.7 Å². The van der Waals surface area contributed by atoms with Gasteiger partial charge < -0.3 is 16.0 Å². The molecular formula is C11H13N5O. The highest BCUT2D eigenvalue weighted by atomic mass is 16.1. The molecule has 88 valence electrons. The Morgan fingerprint density at radius 3 is 3.00 bits per heavy atom. The van der Waals surface area contributed by atoms with Crippen molar-refractivity contribution in [1.29, 1.82) is 0 Å². The molecule has 2 aromatic rings. The number of rotatable bonds is 3. The zero-order chi connectivity index (χ0) is 12.3. The van der Waals surface area contributed by atoms with Crippen molar-refractivity contribution in [2.75, 3.05) is 5.73 Å². The van der Waals surface area contributed by atoms with Gasteiger partial charge in [-0.05, 0) is 19.1 Å². The fourth-order valence-electron chi connectivity index (χ4n) is 1.48. The van der Waals surface area contributed by atoms with Gasteiger partial charge in [-0.3, -0.25) is 4.79 Å². The zero-order valence-electron chi connectivity index (χ0n) is 9.40. The van der Waals surface area contributed by atoms with Crippen molar-refractivity contribution in [3.05, 3.63) is 41.6 Å². The first kappa shape index (κ1) is 11.1. The average molecular weight is 231 g/mol. The summed E-state index contributed by atoms with van der Waals surface area (Å²) in [5.74, 6) is 0.161. The van der Waals surface area contributed by atoms with Crippen LogP contribution in [0.2, 0.25) is 0 Å². The van der Waals surface area contributed by atoms with Gasteiger partial charge in [0.25, 0.3) is 5.91 Å². The van der Waals surface area contributed by atoms with Crippen LogP contribution < -0.4 is 11.1 Å². The molecule has 17 heavy (non-hydrogen) atoms. The molecule has 0 radical (unpaired) electrons. The number of nitrogens with two attached hydrogens (primary N) is 1. The maximum atomic E-state index is 11.8. The fourth-order valence-corrected chi connectivity index (χ4v) is 1.48. The van der Waals surface area contributed by atoms with Gasteiger partial charge in [0.1, 0.15) is 5.82 Å². The Balaban J connectivity index is 2.04. The quantitative estimate of drug-likeness (QED) is 0.721. The van der Waals surface area contributed by atoms with Gasteiger partial charge in [0.15, 0.2) is 0 Å². The summed E-state index contributed by atoms with van der Waals surface area (Å²) in [6, 6.07) is 3.24. The van der Waals surface area contributed by atoms with Gasteiger partial charge in [0, 0.05) is 17.5 Å². The normalized spacial score (nSPS) is 10.2. The predicted octanol–water partition coefficient (Wildman–Crippen LogP) is 0.625. The van der Waals surface area contributed by atoms with E-state index in [4.69, 9.17) is 5.73 Å². The third kappa shape index (κ3) is 2.81. The number of pyridine rings is 1. The van der Waals surface area contributed by atoms with Crippen LogP contribution in [0.15, 0.2) is 24.7 Å². The van der Waals surface area contributed by atoms with Crippen LogP contribution in [0.25, 0.3) is 0 Å². The van der Waals surface area contributed by atoms with Gasteiger partial charge in [-0.15, -0.1) is 0 Å². The van der Waals surface area contributed by atoms with Gasteiger partial charge >= 0.3 is 0 Å². The minimum atomic E-state index is -0.184. The smallest absolute Gasteiger partial charge is 0.251 e. The Labute approximate surface area is 98.3 Å². The molecule has 4 N–H and O–H groups in total. The summed E-state index contributed by atoms with van der Waals surface area (Å²) in [7, 11) is 0. The van der Waals surface area contributed by atoms with Crippen LogP contribution in [-0.4, -0.2) is 20.9 Å². The van der Waals surface area contributed by atoms with E-state index in [0.29, 0.717) is 17.9 Å². The molecule has 0 aliphatic heterocycles. The number of nitrogens with one attached hydrogen (secondary N) is 2. The first-order valence-corrected chi connectivity index (χ1v) is 5.15. The molecule has 0 atom stereocenters. The minimum Gasteiger partial charge on any atom is -0.384 e. The molecule has 6 heteroatoms. The standard InChI is InChI=1S/C11H13N5O/c1-7-2-8(3-10(12)16-7)11(17)14-5-9-4-13-6-15-9/h2-4,6H,5H2,1H3,(H2,12,16)(H,13,15)(H,14,17). The number of nitrogens with zero attached hydrogens (tertiary/aromatic N) is 2. The van der Waals surface area contributed by atoms with Gasteiger partial charge in [0.05, 0.1) is 18.6 Å². The number of aromatic amines is 1. The Morgan fingerprint density at radius 1 is 1.53 bits per heavy atom. The molecule has 0 spiro atoms. The molecule has 0 fully saturated rings. The van der Waals surface area contributed by atoms with Crippen molar-refractivity contribution in [2.45, 2.75) is 13.5 Å². The van der Waals surface area contributed by atoms with Crippen molar-refractivity contribution in [2.24, 2.45) is 0 Å². The molecule has 2 aromatic heterocycles. The second-order valence-corrected chi connectivity index (χ2v) is 3.68. The Kier molecular flexibility index (Phi) is 3.04. The van der Waals surface area contributed by atoms with E-state index in [0.717, 1.165) is 11.4 Å². The highest BCUT2D eigenvalue weighted by molar-refractivity contribution is 5.94. The van der Waals surface area contributed by atoms with Crippen molar-refractivity contribution < 1.29 is 4.79 Å². The predicted molar refractivity (Wildman–Crippen MR) is 63.1 cm³/mol. The summed E-state index contributed by atoms with van der Waals surface area (Å²) in [6.45, 7) is 2.20. The number of amides is 1. The minimum absolute atomic E-state index is 0.184. The van der Waals surface area contributed by atoms with Crippen LogP contribution in [0.5, 0.6) is 0 Å². The van der Waals surface area contributed by atoms with Crippen molar-refractivity contribution in [3.63, 3.8) is 0 Å². The Morgan fingerprint density at radius 2 is 2.35 bits per heavy atom. The van der Waals surface area contributed by atoms with Crippen LogP contribution in [0.4, 0.5) is 5.82 Å². The summed E-state index contributed by atoms with van der Waals surface area (Å²) in [4.78, 5) is 22.6. The van der Waals surface area contributed by atoms with E-state index in [1.807, 2.05) is 0 Å². The molecule has 0 aliphatic carbocycles. The van der Waals surface area contributed by atoms with Crippen LogP contribution in [0.3, 0.4) is 0 Å². The largest absolute Gasteiger partial charge is 0.384 e. The average Bonchev–Trinajstić information content (AvgIpc) is 2.77. The summed E-state index contributed by atoms with van der Waals surface area (Å²) in [5, 5.41) is 2.76. The zero-order valence-corrected chi connectivity index (χ0v) is 9.40. The number of nitrogen functional groups attached to an aromatic ring is 1. The molecule has 1 amide bonds. The molecule has 0 aromatic carbocycles. The third-order valence-corrected chi connectivity index (χ3v) is 2.23. The highest BCUT2D eigenvalue weighted by Gasteiger charge is 2.07. The third-order valence-electron chi connectivity index (χ3n) is 2.23. The summed E-state index contributed by atoms with van der Waals surface area (Å²) >= 11 is 0. The lowest BCUT2D eigenvalue weighted by atomic mass is 10.2. The van der Waals surface area contributed by atoms with E-state index < -0.39 is 0 Å². The number of carbonyl (C=O) groups is 1. The van der Waals surface area contributed by atoms with Crippen LogP contribution in [0.1, 0.15) is 21.7 Å². The van der Waals surface area contributed by atoms with Gasteiger partial charge in [0.2, 0.25) is 0 Å². The van der Waals surface area contributed by atoms with E-state index in [1.165, 1.54) is 0 Å². The van der Waals surface area contributed by atoms with Gasteiger partial charge in [-0.2, -0.15) is 0 Å². The molecule has 0 saturated heterocycles. The molecule has 0 saturated carbocycles. The number of imidazole rings is 1.